The standard InChI is InChI=1S/C11H17N3O2S/c1-15-7-8(16-2)5-14-10-6-13-4-3-9(10)11(12)17/h3-4,6,8,14H,5,7H2,1-2H3,(H2,12,17). The highest BCUT2D eigenvalue weighted by Gasteiger charge is 2.09. The molecule has 0 amide bonds. The van der Waals surface area contributed by atoms with Crippen molar-refractivity contribution < 1.29 is 9.47 Å². The van der Waals surface area contributed by atoms with Gasteiger partial charge in [0, 0.05) is 32.5 Å². The van der Waals surface area contributed by atoms with Gasteiger partial charge in [0.25, 0.3) is 0 Å². The number of nitrogens with two attached hydrogens (primary N) is 1. The number of rotatable bonds is 7. The summed E-state index contributed by atoms with van der Waals surface area (Å²) in [6.45, 7) is 1.12. The highest BCUT2D eigenvalue weighted by molar-refractivity contribution is 7.80. The first-order valence-corrected chi connectivity index (χ1v) is 5.59. The van der Waals surface area contributed by atoms with E-state index in [1.165, 1.54) is 0 Å². The summed E-state index contributed by atoms with van der Waals surface area (Å²) >= 11 is 4.96. The summed E-state index contributed by atoms with van der Waals surface area (Å²) < 4.78 is 10.3. The van der Waals surface area contributed by atoms with Crippen LogP contribution >= 0.6 is 12.2 Å². The van der Waals surface area contributed by atoms with Crippen molar-refractivity contribution in [1.29, 1.82) is 0 Å². The van der Waals surface area contributed by atoms with Gasteiger partial charge in [0.05, 0.1) is 24.6 Å². The van der Waals surface area contributed by atoms with Crippen LogP contribution in [0.2, 0.25) is 0 Å². The Morgan fingerprint density at radius 2 is 2.35 bits per heavy atom. The molecule has 3 N–H and O–H groups in total. The van der Waals surface area contributed by atoms with Gasteiger partial charge in [0.1, 0.15) is 4.99 Å². The summed E-state index contributed by atoms with van der Waals surface area (Å²) in [6, 6.07) is 1.78. The zero-order chi connectivity index (χ0) is 12.7. The third-order valence-electron chi connectivity index (χ3n) is 2.29. The second kappa shape index (κ2) is 7.16. The number of thiocarbonyl (C=S) groups is 1. The normalized spacial score (nSPS) is 12.1. The first-order valence-electron chi connectivity index (χ1n) is 5.18. The molecule has 0 saturated carbocycles. The third kappa shape index (κ3) is 4.26. The predicted octanol–water partition coefficient (Wildman–Crippen LogP) is 0.789. The number of nitrogens with zero attached hydrogens (tertiary/aromatic N) is 1. The smallest absolute Gasteiger partial charge is 0.106 e. The fourth-order valence-electron chi connectivity index (χ4n) is 1.37. The molecule has 0 saturated heterocycles. The molecular weight excluding hydrogens is 238 g/mol. The van der Waals surface area contributed by atoms with Crippen molar-refractivity contribution >= 4 is 22.9 Å². The van der Waals surface area contributed by atoms with E-state index in [2.05, 4.69) is 10.3 Å². The predicted molar refractivity (Wildman–Crippen MR) is 71.3 cm³/mol. The summed E-state index contributed by atoms with van der Waals surface area (Å²) in [5.74, 6) is 0. The zero-order valence-corrected chi connectivity index (χ0v) is 10.8. The molecule has 94 valence electrons. The van der Waals surface area contributed by atoms with E-state index in [0.29, 0.717) is 18.1 Å². The molecule has 1 heterocycles. The molecule has 0 radical (unpaired) electrons. The van der Waals surface area contributed by atoms with Crippen molar-refractivity contribution in [2.75, 3.05) is 32.7 Å². The lowest BCUT2D eigenvalue weighted by Crippen LogP contribution is -2.27. The van der Waals surface area contributed by atoms with Gasteiger partial charge in [-0.05, 0) is 6.07 Å². The maximum absolute atomic E-state index is 5.62. The van der Waals surface area contributed by atoms with E-state index in [0.717, 1.165) is 11.3 Å². The Hall–Kier alpha value is -1.24. The van der Waals surface area contributed by atoms with Gasteiger partial charge >= 0.3 is 0 Å². The van der Waals surface area contributed by atoms with Crippen LogP contribution < -0.4 is 11.1 Å². The molecule has 1 aromatic rings. The molecule has 1 rings (SSSR count). The molecule has 0 bridgehead atoms. The van der Waals surface area contributed by atoms with Crippen LogP contribution in [0.4, 0.5) is 5.69 Å². The molecule has 1 aromatic heterocycles. The Morgan fingerprint density at radius 3 is 2.94 bits per heavy atom. The van der Waals surface area contributed by atoms with Crippen LogP contribution in [0.3, 0.4) is 0 Å². The minimum atomic E-state index is -0.0283. The number of pyridine rings is 1. The molecule has 5 nitrogen and oxygen atoms in total. The molecule has 0 spiro atoms. The Bertz CT molecular complexity index is 373. The highest BCUT2D eigenvalue weighted by Crippen LogP contribution is 2.13. The van der Waals surface area contributed by atoms with E-state index in [9.17, 15) is 0 Å². The van der Waals surface area contributed by atoms with Crippen molar-refractivity contribution in [1.82, 2.24) is 4.98 Å². The van der Waals surface area contributed by atoms with Crippen LogP contribution in [0.25, 0.3) is 0 Å². The van der Waals surface area contributed by atoms with Gasteiger partial charge in [-0.3, -0.25) is 4.98 Å². The summed E-state index contributed by atoms with van der Waals surface area (Å²) in [4.78, 5) is 4.37. The molecule has 6 heteroatoms. The third-order valence-corrected chi connectivity index (χ3v) is 2.51. The van der Waals surface area contributed by atoms with Gasteiger partial charge < -0.3 is 20.5 Å². The molecule has 1 unspecified atom stereocenters. The topological polar surface area (TPSA) is 69.4 Å². The Balaban J connectivity index is 2.65. The maximum Gasteiger partial charge on any atom is 0.106 e. The number of hydrogen-bond donors (Lipinski definition) is 2. The van der Waals surface area contributed by atoms with Crippen molar-refractivity contribution in [2.24, 2.45) is 5.73 Å². The van der Waals surface area contributed by atoms with Crippen molar-refractivity contribution in [2.45, 2.75) is 6.10 Å². The minimum Gasteiger partial charge on any atom is -0.389 e. The Morgan fingerprint density at radius 1 is 1.59 bits per heavy atom. The van der Waals surface area contributed by atoms with Crippen LogP contribution in [0.5, 0.6) is 0 Å². The lowest BCUT2D eigenvalue weighted by Gasteiger charge is -2.17. The number of ether oxygens (including phenoxy) is 2. The lowest BCUT2D eigenvalue weighted by molar-refractivity contribution is 0.0365. The average molecular weight is 255 g/mol. The van der Waals surface area contributed by atoms with E-state index in [1.807, 2.05) is 0 Å². The number of aromatic nitrogens is 1. The van der Waals surface area contributed by atoms with Gasteiger partial charge in [0.2, 0.25) is 0 Å². The number of anilines is 1. The highest BCUT2D eigenvalue weighted by atomic mass is 32.1. The van der Waals surface area contributed by atoms with Crippen LogP contribution in [0.1, 0.15) is 5.56 Å². The van der Waals surface area contributed by atoms with Gasteiger partial charge in [-0.2, -0.15) is 0 Å². The van der Waals surface area contributed by atoms with Crippen LogP contribution in [0.15, 0.2) is 18.5 Å². The lowest BCUT2D eigenvalue weighted by atomic mass is 10.2. The molecule has 1 atom stereocenters. The minimum absolute atomic E-state index is 0.0283. The van der Waals surface area contributed by atoms with E-state index < -0.39 is 0 Å². The summed E-state index contributed by atoms with van der Waals surface area (Å²) in [7, 11) is 3.28. The average Bonchev–Trinajstić information content (AvgIpc) is 2.34. The van der Waals surface area contributed by atoms with Crippen LogP contribution in [-0.4, -0.2) is 43.4 Å². The second-order valence-electron chi connectivity index (χ2n) is 3.48. The largest absolute Gasteiger partial charge is 0.389 e. The Labute approximate surface area is 106 Å². The van der Waals surface area contributed by atoms with E-state index in [-0.39, 0.29) is 6.10 Å². The first kappa shape index (κ1) is 13.8. The number of nitrogens with one attached hydrogen (secondary N) is 1. The molecular formula is C11H17N3O2S. The fraction of sp³-hybridized carbons (Fsp3) is 0.455. The number of methoxy groups -OCH3 is 2. The molecule has 0 aliphatic rings. The maximum atomic E-state index is 5.62. The quantitative estimate of drug-likeness (QED) is 0.702. The first-order chi connectivity index (χ1) is 8.19. The zero-order valence-electron chi connectivity index (χ0n) is 9.97. The number of hydrogen-bond acceptors (Lipinski definition) is 5. The summed E-state index contributed by atoms with van der Waals surface area (Å²) in [5, 5.41) is 3.20. The molecule has 0 aromatic carbocycles. The van der Waals surface area contributed by atoms with Gasteiger partial charge in [-0.15, -0.1) is 0 Å². The van der Waals surface area contributed by atoms with Gasteiger partial charge in [-0.1, -0.05) is 12.2 Å². The summed E-state index contributed by atoms with van der Waals surface area (Å²) in [5.41, 5.74) is 7.20. The molecule has 0 aliphatic carbocycles. The molecule has 17 heavy (non-hydrogen) atoms. The van der Waals surface area contributed by atoms with E-state index in [4.69, 9.17) is 27.4 Å². The molecule has 0 fully saturated rings. The van der Waals surface area contributed by atoms with Crippen LogP contribution in [-0.2, 0) is 9.47 Å². The van der Waals surface area contributed by atoms with Gasteiger partial charge in [-0.25, -0.2) is 0 Å². The monoisotopic (exact) mass is 255 g/mol. The second-order valence-corrected chi connectivity index (χ2v) is 3.92. The van der Waals surface area contributed by atoms with Crippen LogP contribution in [0, 0.1) is 0 Å². The fourth-order valence-corrected chi connectivity index (χ4v) is 1.55. The SMILES string of the molecule is COCC(CNc1cnccc1C(N)=S)OC. The molecule has 0 aliphatic heterocycles. The van der Waals surface area contributed by atoms with Gasteiger partial charge in [0.15, 0.2) is 0 Å². The van der Waals surface area contributed by atoms with Crippen molar-refractivity contribution in [3.05, 3.63) is 24.0 Å². The van der Waals surface area contributed by atoms with Crippen molar-refractivity contribution in [3.8, 4) is 0 Å². The van der Waals surface area contributed by atoms with Crippen molar-refractivity contribution in [3.63, 3.8) is 0 Å². The Kier molecular flexibility index (Phi) is 5.82. The summed E-state index contributed by atoms with van der Waals surface area (Å²) in [6.07, 6.45) is 3.32. The van der Waals surface area contributed by atoms with E-state index >= 15 is 0 Å². The van der Waals surface area contributed by atoms with E-state index in [1.54, 1.807) is 32.7 Å².